The zero-order valence-corrected chi connectivity index (χ0v) is 14.0. The van der Waals surface area contributed by atoms with Gasteiger partial charge in [-0.05, 0) is 96.7 Å². The molecule has 4 bridgehead atoms. The number of carbonyl (C=O) groups is 1. The van der Waals surface area contributed by atoms with E-state index in [4.69, 9.17) is 4.42 Å². The van der Waals surface area contributed by atoms with Crippen LogP contribution in [0.1, 0.15) is 56.0 Å². The van der Waals surface area contributed by atoms with Gasteiger partial charge in [-0.25, -0.2) is 0 Å². The van der Waals surface area contributed by atoms with Gasteiger partial charge in [-0.3, -0.25) is 4.79 Å². The van der Waals surface area contributed by atoms with Crippen molar-refractivity contribution in [1.29, 1.82) is 0 Å². The van der Waals surface area contributed by atoms with Gasteiger partial charge >= 0.3 is 0 Å². The van der Waals surface area contributed by atoms with E-state index >= 15 is 0 Å². The largest absolute Gasteiger partial charge is 0.444 e. The van der Waals surface area contributed by atoms with Crippen molar-refractivity contribution in [1.82, 2.24) is 5.32 Å². The molecule has 0 radical (unpaired) electrons. The summed E-state index contributed by atoms with van der Waals surface area (Å²) in [4.78, 5) is 12.3. The van der Waals surface area contributed by atoms with Crippen molar-refractivity contribution < 1.29 is 9.21 Å². The molecule has 1 aromatic rings. The highest BCUT2D eigenvalue weighted by Gasteiger charge is 2.53. The lowest BCUT2D eigenvalue weighted by molar-refractivity contribution is -0.0688. The summed E-state index contributed by atoms with van der Waals surface area (Å²) in [6.45, 7) is 2.20. The van der Waals surface area contributed by atoms with Crippen molar-refractivity contribution in [3.05, 3.63) is 22.6 Å². The van der Waals surface area contributed by atoms with Crippen LogP contribution in [0.5, 0.6) is 0 Å². The molecule has 4 aliphatic rings. The first-order valence-electron chi connectivity index (χ1n) is 8.10. The number of hydrogen-bond donors (Lipinski definition) is 1. The van der Waals surface area contributed by atoms with E-state index in [1.807, 2.05) is 0 Å². The zero-order valence-electron chi connectivity index (χ0n) is 12.4. The average molecular weight is 352 g/mol. The molecule has 1 heterocycles. The Balaban J connectivity index is 1.50. The zero-order chi connectivity index (χ0) is 14.6. The monoisotopic (exact) mass is 351 g/mol. The maximum atomic E-state index is 12.3. The van der Waals surface area contributed by atoms with E-state index in [0.29, 0.717) is 15.8 Å². The van der Waals surface area contributed by atoms with E-state index in [0.717, 1.165) is 17.8 Å². The van der Waals surface area contributed by atoms with Crippen LogP contribution < -0.4 is 5.32 Å². The van der Waals surface area contributed by atoms with Crippen molar-refractivity contribution in [2.45, 2.75) is 51.5 Å². The summed E-state index contributed by atoms with van der Waals surface area (Å²) in [7, 11) is 0. The maximum absolute atomic E-state index is 12.3. The number of rotatable bonds is 3. The van der Waals surface area contributed by atoms with Gasteiger partial charge in [-0.1, -0.05) is 0 Å². The maximum Gasteiger partial charge on any atom is 0.287 e. The first-order valence-corrected chi connectivity index (χ1v) is 8.89. The molecule has 4 fully saturated rings. The van der Waals surface area contributed by atoms with Crippen molar-refractivity contribution in [3.8, 4) is 0 Å². The minimum atomic E-state index is -0.0797. The molecular formula is C17H22BrNO2. The summed E-state index contributed by atoms with van der Waals surface area (Å²) >= 11 is 3.25. The van der Waals surface area contributed by atoms with Crippen LogP contribution in [-0.2, 0) is 0 Å². The van der Waals surface area contributed by atoms with Crippen LogP contribution in [0.4, 0.5) is 0 Å². The molecule has 0 aliphatic heterocycles. The Morgan fingerprint density at radius 2 is 1.81 bits per heavy atom. The third kappa shape index (κ3) is 2.36. The second-order valence-electron chi connectivity index (χ2n) is 7.58. The van der Waals surface area contributed by atoms with Crippen molar-refractivity contribution >= 4 is 21.8 Å². The van der Waals surface area contributed by atoms with Crippen molar-refractivity contribution in [3.63, 3.8) is 0 Å². The third-order valence-electron chi connectivity index (χ3n) is 6.15. The first-order chi connectivity index (χ1) is 10.0. The van der Waals surface area contributed by atoms with E-state index in [9.17, 15) is 4.79 Å². The predicted octanol–water partition coefficient (Wildman–Crippen LogP) is 4.38. The number of halogens is 1. The molecular weight excluding hydrogens is 330 g/mol. The predicted molar refractivity (Wildman–Crippen MR) is 83.9 cm³/mol. The molecule has 4 aliphatic carbocycles. The van der Waals surface area contributed by atoms with Gasteiger partial charge < -0.3 is 9.73 Å². The molecule has 1 N–H and O–H groups in total. The summed E-state index contributed by atoms with van der Waals surface area (Å²) in [6.07, 6.45) is 8.23. The second-order valence-corrected chi connectivity index (χ2v) is 8.36. The first kappa shape index (κ1) is 13.9. The van der Waals surface area contributed by atoms with Crippen LogP contribution >= 0.6 is 15.9 Å². The average Bonchev–Trinajstić information content (AvgIpc) is 2.84. The number of hydrogen-bond acceptors (Lipinski definition) is 2. The number of amides is 1. The van der Waals surface area contributed by atoms with Crippen LogP contribution in [0.15, 0.2) is 21.2 Å². The molecule has 21 heavy (non-hydrogen) atoms. The Labute approximate surface area is 134 Å². The summed E-state index contributed by atoms with van der Waals surface area (Å²) < 4.78 is 5.98. The van der Waals surface area contributed by atoms with E-state index in [1.54, 1.807) is 12.1 Å². The molecule has 1 aromatic heterocycles. The summed E-state index contributed by atoms with van der Waals surface area (Å²) in [5, 5.41) is 3.21. The molecule has 4 saturated carbocycles. The molecule has 5 rings (SSSR count). The molecule has 0 aromatic carbocycles. The van der Waals surface area contributed by atoms with Crippen LogP contribution in [0.25, 0.3) is 0 Å². The SMILES string of the molecule is CC(NC(=O)c1ccc(Br)o1)C12CC3CC(CC(C3)C1)C2. The number of furan rings is 1. The number of carbonyl (C=O) groups excluding carboxylic acids is 1. The molecule has 1 atom stereocenters. The van der Waals surface area contributed by atoms with Crippen LogP contribution in [0, 0.1) is 23.2 Å². The van der Waals surface area contributed by atoms with Gasteiger partial charge in [0.05, 0.1) is 0 Å². The molecule has 4 heteroatoms. The minimum Gasteiger partial charge on any atom is -0.444 e. The van der Waals surface area contributed by atoms with E-state index < -0.39 is 0 Å². The topological polar surface area (TPSA) is 42.2 Å². The molecule has 0 saturated heterocycles. The van der Waals surface area contributed by atoms with E-state index in [1.165, 1.54) is 38.5 Å². The molecule has 114 valence electrons. The lowest BCUT2D eigenvalue weighted by Gasteiger charge is -2.59. The summed E-state index contributed by atoms with van der Waals surface area (Å²) in [5.74, 6) is 3.05. The molecule has 1 unspecified atom stereocenters. The quantitative estimate of drug-likeness (QED) is 0.877. The van der Waals surface area contributed by atoms with E-state index in [-0.39, 0.29) is 11.9 Å². The highest BCUT2D eigenvalue weighted by Crippen LogP contribution is 2.61. The molecule has 3 nitrogen and oxygen atoms in total. The fraction of sp³-hybridized carbons (Fsp3) is 0.706. The highest BCUT2D eigenvalue weighted by atomic mass is 79.9. The normalized spacial score (nSPS) is 38.5. The fourth-order valence-corrected chi connectivity index (χ4v) is 5.87. The van der Waals surface area contributed by atoms with Gasteiger partial charge in [-0.2, -0.15) is 0 Å². The third-order valence-corrected chi connectivity index (χ3v) is 6.57. The standard InChI is InChI=1S/C17H22BrNO2/c1-10(19-16(20)14-2-3-15(18)21-14)17-7-11-4-12(8-17)6-13(5-11)9-17/h2-3,10-13H,4-9H2,1H3,(H,19,20). The van der Waals surface area contributed by atoms with Crippen molar-refractivity contribution in [2.24, 2.45) is 23.2 Å². The van der Waals surface area contributed by atoms with Gasteiger partial charge in [0.15, 0.2) is 10.4 Å². The van der Waals surface area contributed by atoms with Crippen LogP contribution in [0.3, 0.4) is 0 Å². The van der Waals surface area contributed by atoms with Crippen molar-refractivity contribution in [2.75, 3.05) is 0 Å². The Morgan fingerprint density at radius 3 is 2.29 bits per heavy atom. The highest BCUT2D eigenvalue weighted by molar-refractivity contribution is 9.10. The van der Waals surface area contributed by atoms with Crippen LogP contribution in [0.2, 0.25) is 0 Å². The summed E-state index contributed by atoms with van der Waals surface area (Å²) in [5.41, 5.74) is 0.342. The lowest BCUT2D eigenvalue weighted by Crippen LogP contribution is -2.55. The Hall–Kier alpha value is -0.770. The number of nitrogens with one attached hydrogen (secondary N) is 1. The minimum absolute atomic E-state index is 0.0797. The van der Waals surface area contributed by atoms with Crippen LogP contribution in [-0.4, -0.2) is 11.9 Å². The van der Waals surface area contributed by atoms with Gasteiger partial charge in [0.1, 0.15) is 0 Å². The van der Waals surface area contributed by atoms with Gasteiger partial charge in [0.25, 0.3) is 5.91 Å². The lowest BCUT2D eigenvalue weighted by atomic mass is 9.48. The Bertz CT molecular complexity index is 530. The smallest absolute Gasteiger partial charge is 0.287 e. The molecule has 1 amide bonds. The van der Waals surface area contributed by atoms with E-state index in [2.05, 4.69) is 28.2 Å². The van der Waals surface area contributed by atoms with Gasteiger partial charge in [0, 0.05) is 6.04 Å². The molecule has 0 spiro atoms. The Morgan fingerprint density at radius 1 is 1.24 bits per heavy atom. The Kier molecular flexibility index (Phi) is 3.21. The fourth-order valence-electron chi connectivity index (χ4n) is 5.57. The summed E-state index contributed by atoms with van der Waals surface area (Å²) in [6, 6.07) is 3.73. The van der Waals surface area contributed by atoms with Gasteiger partial charge in [0.2, 0.25) is 0 Å². The van der Waals surface area contributed by atoms with Gasteiger partial charge in [-0.15, -0.1) is 0 Å². The second kappa shape index (κ2) is 4.87.